The van der Waals surface area contributed by atoms with E-state index in [2.05, 4.69) is 23.3 Å². The Morgan fingerprint density at radius 2 is 1.00 bits per heavy atom. The molecular formula is H2O2S2Si2Zn. The van der Waals surface area contributed by atoms with Crippen molar-refractivity contribution in [2.24, 2.45) is 0 Å². The van der Waals surface area contributed by atoms with Crippen LogP contribution in [0.2, 0.25) is 0 Å². The molecule has 0 spiro atoms. The molecule has 7 heavy (non-hydrogen) atoms. The van der Waals surface area contributed by atoms with Gasteiger partial charge in [0.25, 0.3) is 0 Å². The van der Waals surface area contributed by atoms with E-state index in [-0.39, 0.29) is 19.5 Å². The monoisotopic (exact) mass is 218 g/mol. The maximum Gasteiger partial charge on any atom is 2.00 e. The second-order valence-corrected chi connectivity index (χ2v) is 1.73. The second-order valence-electron chi connectivity index (χ2n) is 0.192. The first-order valence-electron chi connectivity index (χ1n) is 0.943. The van der Waals surface area contributed by atoms with Crippen LogP contribution < -0.4 is 9.59 Å². The second kappa shape index (κ2) is 27.5. The van der Waals surface area contributed by atoms with E-state index in [0.717, 1.165) is 0 Å². The Kier molecular flexibility index (Phi) is 61.7. The van der Waals surface area contributed by atoms with Gasteiger partial charge in [-0.3, -0.25) is 0 Å². The van der Waals surface area contributed by atoms with Crippen molar-refractivity contribution in [1.29, 1.82) is 0 Å². The van der Waals surface area contributed by atoms with Crippen molar-refractivity contribution in [1.82, 2.24) is 0 Å². The standard InChI is InChI=1S/2HOSSi.Zn/c2*1-3-2;/h2*3H;/q2*-1;+2. The molecule has 0 aromatic heterocycles. The molecule has 0 saturated heterocycles. The van der Waals surface area contributed by atoms with Crippen LogP contribution >= 0.6 is 23.3 Å². The summed E-state index contributed by atoms with van der Waals surface area (Å²) in [7, 11) is -1.83. The zero-order chi connectivity index (χ0) is 5.41. The van der Waals surface area contributed by atoms with Gasteiger partial charge < -0.3 is 9.59 Å². The molecular weight excluding hydrogens is 218 g/mol. The predicted octanol–water partition coefficient (Wildman–Crippen LogP) is -2.38. The van der Waals surface area contributed by atoms with Crippen LogP contribution in [0.3, 0.4) is 0 Å². The van der Waals surface area contributed by atoms with Crippen molar-refractivity contribution in [2.45, 2.75) is 0 Å². The van der Waals surface area contributed by atoms with Crippen molar-refractivity contribution in [3.05, 3.63) is 0 Å². The van der Waals surface area contributed by atoms with E-state index in [1.807, 2.05) is 0 Å². The van der Waals surface area contributed by atoms with Gasteiger partial charge in [0.15, 0.2) is 0 Å². The van der Waals surface area contributed by atoms with Crippen molar-refractivity contribution in [2.75, 3.05) is 0 Å². The van der Waals surface area contributed by atoms with E-state index in [4.69, 9.17) is 9.59 Å². The van der Waals surface area contributed by atoms with Crippen LogP contribution in [0.4, 0.5) is 0 Å². The fraction of sp³-hybridized carbons (Fsp3) is 0. The fourth-order valence-corrected chi connectivity index (χ4v) is 0. The van der Waals surface area contributed by atoms with E-state index in [1.54, 1.807) is 0 Å². The summed E-state index contributed by atoms with van der Waals surface area (Å²) >= 11 is 7.84. The summed E-state index contributed by atoms with van der Waals surface area (Å²) < 4.78 is 0. The normalized spacial score (nSPS) is 3.43. The Balaban J connectivity index is -0.0000000400. The molecule has 0 aliphatic rings. The van der Waals surface area contributed by atoms with Gasteiger partial charge in [0.05, 0.1) is 0 Å². The Bertz CT molecular complexity index is 34.7. The molecule has 0 aliphatic carbocycles. The Hall–Kier alpha value is 1.10. The van der Waals surface area contributed by atoms with Gasteiger partial charge in [-0.15, -0.1) is 0 Å². The minimum absolute atomic E-state index is 0. The summed E-state index contributed by atoms with van der Waals surface area (Å²) in [6.45, 7) is 0. The van der Waals surface area contributed by atoms with Gasteiger partial charge in [0, 0.05) is 16.9 Å². The van der Waals surface area contributed by atoms with Crippen LogP contribution in [0.5, 0.6) is 0 Å². The summed E-state index contributed by atoms with van der Waals surface area (Å²) in [5.41, 5.74) is 0. The molecule has 0 aliphatic heterocycles. The average Bonchev–Trinajstić information content (AvgIpc) is 1.39. The van der Waals surface area contributed by atoms with Crippen LogP contribution in [0.25, 0.3) is 0 Å². The minimum atomic E-state index is -0.917. The molecule has 0 unspecified atom stereocenters. The average molecular weight is 220 g/mol. The summed E-state index contributed by atoms with van der Waals surface area (Å²) in [4.78, 5) is 17.7. The minimum Gasteiger partial charge on any atom is -0.883 e. The first kappa shape index (κ1) is 15.7. The molecule has 0 bridgehead atoms. The predicted molar refractivity (Wildman–Crippen MR) is 29.5 cm³/mol. The molecule has 2 nitrogen and oxygen atoms in total. The third kappa shape index (κ3) is 153. The topological polar surface area (TPSA) is 46.1 Å². The molecule has 0 radical (unpaired) electrons. The van der Waals surface area contributed by atoms with Gasteiger partial charge in [-0.05, 0) is 0 Å². The Morgan fingerprint density at radius 3 is 1.00 bits per heavy atom. The van der Waals surface area contributed by atoms with Crippen LogP contribution in [0.15, 0.2) is 0 Å². The van der Waals surface area contributed by atoms with Crippen molar-refractivity contribution in [3.63, 3.8) is 0 Å². The fourth-order valence-electron chi connectivity index (χ4n) is 0. The third-order valence-corrected chi connectivity index (χ3v) is 0. The Morgan fingerprint density at radius 1 is 1.00 bits per heavy atom. The van der Waals surface area contributed by atoms with Gasteiger partial charge in [0.2, 0.25) is 0 Å². The molecule has 0 saturated carbocycles. The van der Waals surface area contributed by atoms with E-state index >= 15 is 0 Å². The molecule has 0 aromatic rings. The summed E-state index contributed by atoms with van der Waals surface area (Å²) in [5.74, 6) is 0. The first-order valence-corrected chi connectivity index (χ1v) is 5.66. The maximum atomic E-state index is 8.83. The zero-order valence-electron chi connectivity index (χ0n) is 3.49. The molecule has 0 rings (SSSR count). The number of hydrogen-bond acceptors (Lipinski definition) is 4. The van der Waals surface area contributed by atoms with Gasteiger partial charge >= 0.3 is 19.5 Å². The van der Waals surface area contributed by atoms with Crippen LogP contribution in [-0.2, 0) is 19.5 Å². The van der Waals surface area contributed by atoms with Crippen molar-refractivity contribution in [3.8, 4) is 0 Å². The number of hydrogen-bond donors (Lipinski definition) is 0. The smallest absolute Gasteiger partial charge is 0.883 e. The zero-order valence-corrected chi connectivity index (χ0v) is 10.4. The molecule has 0 atom stereocenters. The van der Waals surface area contributed by atoms with E-state index < -0.39 is 16.9 Å². The quantitative estimate of drug-likeness (QED) is 0.427. The van der Waals surface area contributed by atoms with Crippen LogP contribution in [0.1, 0.15) is 0 Å². The molecule has 36 valence electrons. The summed E-state index contributed by atoms with van der Waals surface area (Å²) in [6, 6.07) is 0. The van der Waals surface area contributed by atoms with E-state index in [1.165, 1.54) is 0 Å². The maximum absolute atomic E-state index is 8.83. The van der Waals surface area contributed by atoms with Crippen molar-refractivity contribution >= 4 is 40.2 Å². The first-order chi connectivity index (χ1) is 2.83. The Labute approximate surface area is 69.1 Å². The summed E-state index contributed by atoms with van der Waals surface area (Å²) in [5, 5.41) is 0. The van der Waals surface area contributed by atoms with E-state index in [0.29, 0.717) is 0 Å². The van der Waals surface area contributed by atoms with Gasteiger partial charge in [-0.2, -0.15) is 23.3 Å². The molecule has 0 heterocycles. The van der Waals surface area contributed by atoms with E-state index in [9.17, 15) is 0 Å². The molecule has 0 fully saturated rings. The van der Waals surface area contributed by atoms with Gasteiger partial charge in [0.1, 0.15) is 0 Å². The van der Waals surface area contributed by atoms with Gasteiger partial charge in [-0.25, -0.2) is 0 Å². The summed E-state index contributed by atoms with van der Waals surface area (Å²) in [6.07, 6.45) is 0. The molecule has 7 heteroatoms. The molecule has 0 aromatic carbocycles. The molecule has 0 amide bonds. The third-order valence-electron chi connectivity index (χ3n) is 0. The largest absolute Gasteiger partial charge is 2.00 e. The van der Waals surface area contributed by atoms with Gasteiger partial charge in [-0.1, -0.05) is 0 Å². The van der Waals surface area contributed by atoms with Crippen LogP contribution in [0, 0.1) is 0 Å². The van der Waals surface area contributed by atoms with Crippen molar-refractivity contribution < 1.29 is 29.1 Å². The number of rotatable bonds is 0. The molecule has 0 N–H and O–H groups in total. The van der Waals surface area contributed by atoms with Crippen LogP contribution in [-0.4, -0.2) is 16.9 Å². The SMILES string of the molecule is [O-][SiH]=S.[O-][SiH]=S.[Zn+2].